The molecule has 2 nitrogen and oxygen atoms in total. The Morgan fingerprint density at radius 3 is 1.04 bits per heavy atom. The maximum atomic E-state index is 13.7. The summed E-state index contributed by atoms with van der Waals surface area (Å²) < 4.78 is 156. The Bertz CT molecular complexity index is 881. The second kappa shape index (κ2) is 6.98. The van der Waals surface area contributed by atoms with E-state index in [1.165, 1.54) is 0 Å². The van der Waals surface area contributed by atoms with Crippen LogP contribution in [0.25, 0.3) is 0 Å². The minimum Gasteiger partial charge on any atom is -0.206 e. The number of nitrogens with zero attached hydrogens (tertiary/aromatic N) is 2. The first-order valence-electron chi connectivity index (χ1n) is 6.57. The molecule has 0 aromatic heterocycles. The molecule has 0 N–H and O–H groups in total. The van der Waals surface area contributed by atoms with Crippen LogP contribution in [-0.4, -0.2) is 0 Å². The number of hydrogen-bond donors (Lipinski definition) is 0. The Hall–Kier alpha value is -2.80. The van der Waals surface area contributed by atoms with Gasteiger partial charge in [-0.05, 0) is 0 Å². The molecule has 2 rings (SSSR count). The lowest BCUT2D eigenvalue weighted by molar-refractivity contribution is -0.143. The lowest BCUT2D eigenvalue weighted by Gasteiger charge is -2.12. The van der Waals surface area contributed by atoms with Crippen molar-refractivity contribution in [3.63, 3.8) is 0 Å². The SMILES string of the molecule is Fc1cc(F)c(C(F)(F)F)c(F)c1N=Nc1c(F)cc(F)c(C(F)(F)F)c1F. The van der Waals surface area contributed by atoms with Gasteiger partial charge in [-0.3, -0.25) is 0 Å². The van der Waals surface area contributed by atoms with Crippen LogP contribution in [0.2, 0.25) is 0 Å². The van der Waals surface area contributed by atoms with E-state index in [9.17, 15) is 52.7 Å². The van der Waals surface area contributed by atoms with Crippen LogP contribution < -0.4 is 0 Å². The summed E-state index contributed by atoms with van der Waals surface area (Å²) in [6, 6.07) is -0.947. The maximum Gasteiger partial charge on any atom is 0.422 e. The van der Waals surface area contributed by atoms with Crippen LogP contribution in [0.4, 0.5) is 64.1 Å². The molecule has 0 unspecified atom stereocenters. The first-order valence-corrected chi connectivity index (χ1v) is 6.57. The van der Waals surface area contributed by atoms with Crippen molar-refractivity contribution in [1.29, 1.82) is 0 Å². The highest BCUT2D eigenvalue weighted by atomic mass is 19.4. The summed E-state index contributed by atoms with van der Waals surface area (Å²) in [7, 11) is 0. The molecule has 0 bridgehead atoms. The van der Waals surface area contributed by atoms with Crippen molar-refractivity contribution in [2.75, 3.05) is 0 Å². The third-order valence-electron chi connectivity index (χ3n) is 3.11. The topological polar surface area (TPSA) is 24.7 Å². The van der Waals surface area contributed by atoms with E-state index in [4.69, 9.17) is 0 Å². The van der Waals surface area contributed by atoms with Crippen molar-refractivity contribution in [1.82, 2.24) is 0 Å². The number of hydrogen-bond acceptors (Lipinski definition) is 2. The fraction of sp³-hybridized carbons (Fsp3) is 0.143. The van der Waals surface area contributed by atoms with Gasteiger partial charge in [0.15, 0.2) is 34.6 Å². The van der Waals surface area contributed by atoms with Crippen molar-refractivity contribution in [3.8, 4) is 0 Å². The highest BCUT2D eigenvalue weighted by Crippen LogP contribution is 2.41. The van der Waals surface area contributed by atoms with E-state index in [0.29, 0.717) is 0 Å². The van der Waals surface area contributed by atoms with E-state index in [-0.39, 0.29) is 0 Å². The van der Waals surface area contributed by atoms with Crippen LogP contribution in [0.1, 0.15) is 11.1 Å². The van der Waals surface area contributed by atoms with Gasteiger partial charge >= 0.3 is 12.4 Å². The number of azo groups is 1. The van der Waals surface area contributed by atoms with Gasteiger partial charge in [0, 0.05) is 12.1 Å². The normalized spacial score (nSPS) is 12.9. The van der Waals surface area contributed by atoms with E-state index in [1.54, 1.807) is 0 Å². The average Bonchev–Trinajstić information content (AvgIpc) is 2.45. The van der Waals surface area contributed by atoms with E-state index in [1.807, 2.05) is 0 Å². The first-order chi connectivity index (χ1) is 12.7. The number of halogens is 12. The van der Waals surface area contributed by atoms with Gasteiger partial charge in [0.25, 0.3) is 0 Å². The molecule has 0 saturated heterocycles. The Balaban J connectivity index is 2.69. The smallest absolute Gasteiger partial charge is 0.206 e. The van der Waals surface area contributed by atoms with Gasteiger partial charge in [-0.15, -0.1) is 10.2 Å². The molecule has 0 atom stereocenters. The van der Waals surface area contributed by atoms with Crippen LogP contribution >= 0.6 is 0 Å². The van der Waals surface area contributed by atoms with Crippen molar-refractivity contribution in [2.45, 2.75) is 12.4 Å². The molecule has 0 saturated carbocycles. The summed E-state index contributed by atoms with van der Waals surface area (Å²) in [5, 5.41) is 4.81. The third kappa shape index (κ3) is 3.89. The fourth-order valence-corrected chi connectivity index (χ4v) is 1.96. The molecular weight excluding hydrogens is 424 g/mol. The van der Waals surface area contributed by atoms with Gasteiger partial charge < -0.3 is 0 Å². The summed E-state index contributed by atoms with van der Waals surface area (Å²) >= 11 is 0. The molecule has 0 aliphatic heterocycles. The second-order valence-corrected chi connectivity index (χ2v) is 4.95. The molecule has 0 radical (unpaired) electrons. The van der Waals surface area contributed by atoms with E-state index in [0.717, 1.165) is 0 Å². The molecule has 152 valence electrons. The molecule has 0 spiro atoms. The Morgan fingerprint density at radius 1 is 0.500 bits per heavy atom. The highest BCUT2D eigenvalue weighted by Gasteiger charge is 2.41. The van der Waals surface area contributed by atoms with Crippen molar-refractivity contribution in [3.05, 3.63) is 58.2 Å². The monoisotopic (exact) mass is 426 g/mol. The minimum absolute atomic E-state index is 0.473. The molecule has 28 heavy (non-hydrogen) atoms. The van der Waals surface area contributed by atoms with Crippen molar-refractivity contribution in [2.24, 2.45) is 10.2 Å². The van der Waals surface area contributed by atoms with Gasteiger partial charge in [-0.25, -0.2) is 26.3 Å². The molecule has 0 aliphatic carbocycles. The van der Waals surface area contributed by atoms with E-state index >= 15 is 0 Å². The molecule has 0 fully saturated rings. The fourth-order valence-electron chi connectivity index (χ4n) is 1.96. The zero-order valence-electron chi connectivity index (χ0n) is 12.6. The number of benzene rings is 2. The predicted molar refractivity (Wildman–Crippen MR) is 66.8 cm³/mol. The van der Waals surface area contributed by atoms with Gasteiger partial charge in [-0.1, -0.05) is 0 Å². The molecular formula is C14H2F12N2. The average molecular weight is 426 g/mol. The second-order valence-electron chi connectivity index (χ2n) is 4.95. The molecule has 0 heterocycles. The van der Waals surface area contributed by atoms with Crippen LogP contribution in [0.5, 0.6) is 0 Å². The third-order valence-corrected chi connectivity index (χ3v) is 3.11. The summed E-state index contributed by atoms with van der Waals surface area (Å²) in [4.78, 5) is 0. The summed E-state index contributed by atoms with van der Waals surface area (Å²) in [6.45, 7) is 0. The Kier molecular flexibility index (Phi) is 5.36. The van der Waals surface area contributed by atoms with E-state index in [2.05, 4.69) is 10.2 Å². The van der Waals surface area contributed by atoms with Gasteiger partial charge in [0.2, 0.25) is 0 Å². The lowest BCUT2D eigenvalue weighted by atomic mass is 10.1. The zero-order chi connectivity index (χ0) is 21.6. The highest BCUT2D eigenvalue weighted by molar-refractivity contribution is 5.48. The van der Waals surface area contributed by atoms with Crippen LogP contribution in [0, 0.1) is 34.9 Å². The van der Waals surface area contributed by atoms with Crippen molar-refractivity contribution >= 4 is 11.4 Å². The Morgan fingerprint density at radius 2 is 0.786 bits per heavy atom. The molecule has 0 aliphatic rings. The van der Waals surface area contributed by atoms with Crippen LogP contribution in [0.3, 0.4) is 0 Å². The van der Waals surface area contributed by atoms with E-state index < -0.39 is 81.9 Å². The van der Waals surface area contributed by atoms with Gasteiger partial charge in [-0.2, -0.15) is 26.3 Å². The van der Waals surface area contributed by atoms with Crippen LogP contribution in [0.15, 0.2) is 22.4 Å². The molecule has 0 amide bonds. The molecule has 2 aromatic carbocycles. The molecule has 2 aromatic rings. The summed E-state index contributed by atoms with van der Waals surface area (Å²) in [6.07, 6.45) is -11.4. The van der Waals surface area contributed by atoms with Crippen molar-refractivity contribution < 1.29 is 52.7 Å². The standard InChI is InChI=1S/C14H2F12N2/c15-3-1-5(17)11(9(19)7(3)13(21,22)23)27-28-12-6(18)2-4(16)8(10(12)20)14(24,25)26/h1-2H. The lowest BCUT2D eigenvalue weighted by Crippen LogP contribution is -2.12. The maximum absolute atomic E-state index is 13.7. The summed E-state index contributed by atoms with van der Waals surface area (Å²) in [5.74, 6) is -14.3. The van der Waals surface area contributed by atoms with Crippen LogP contribution in [-0.2, 0) is 12.4 Å². The first kappa shape index (κ1) is 21.5. The largest absolute Gasteiger partial charge is 0.422 e. The zero-order valence-corrected chi connectivity index (χ0v) is 12.6. The Labute approximate surface area is 146 Å². The minimum atomic E-state index is -5.68. The van der Waals surface area contributed by atoms with Gasteiger partial charge in [0.05, 0.1) is 0 Å². The predicted octanol–water partition coefficient (Wildman–Crippen LogP) is 6.97. The quantitative estimate of drug-likeness (QED) is 0.366. The molecule has 14 heteroatoms. The number of rotatable bonds is 2. The number of alkyl halides is 6. The summed E-state index contributed by atoms with van der Waals surface area (Å²) in [5.41, 5.74) is -9.24. The van der Waals surface area contributed by atoms with Gasteiger partial charge in [0.1, 0.15) is 22.8 Å².